The molecule has 0 aromatic carbocycles. The van der Waals surface area contributed by atoms with E-state index in [0.717, 1.165) is 6.54 Å². The molecule has 2 rings (SSSR count). The SMILES string of the molecule is CCN(C)c1nc(=O)oc2cncnc12. The third kappa shape index (κ3) is 1.65. The summed E-state index contributed by atoms with van der Waals surface area (Å²) < 4.78 is 4.88. The van der Waals surface area contributed by atoms with Crippen LogP contribution in [0.25, 0.3) is 11.1 Å². The Kier molecular flexibility index (Phi) is 2.32. The quantitative estimate of drug-likeness (QED) is 0.709. The van der Waals surface area contributed by atoms with Crippen LogP contribution in [0.1, 0.15) is 6.92 Å². The fraction of sp³-hybridized carbons (Fsp3) is 0.333. The molecule has 2 aromatic heterocycles. The van der Waals surface area contributed by atoms with Gasteiger partial charge in [0.25, 0.3) is 0 Å². The predicted molar refractivity (Wildman–Crippen MR) is 54.8 cm³/mol. The van der Waals surface area contributed by atoms with Gasteiger partial charge in [-0.15, -0.1) is 0 Å². The second-order valence-corrected chi connectivity index (χ2v) is 3.05. The first-order valence-corrected chi connectivity index (χ1v) is 4.54. The van der Waals surface area contributed by atoms with Gasteiger partial charge in [0, 0.05) is 13.6 Å². The molecule has 0 bridgehead atoms. The molecule has 0 aliphatic rings. The second-order valence-electron chi connectivity index (χ2n) is 3.05. The van der Waals surface area contributed by atoms with Gasteiger partial charge in [0.1, 0.15) is 6.33 Å². The molecule has 0 radical (unpaired) electrons. The van der Waals surface area contributed by atoms with E-state index < -0.39 is 5.76 Å². The Balaban J connectivity index is 2.76. The number of aromatic nitrogens is 3. The molecule has 0 N–H and O–H groups in total. The van der Waals surface area contributed by atoms with Crippen LogP contribution in [-0.4, -0.2) is 28.5 Å². The average Bonchev–Trinajstić information content (AvgIpc) is 2.26. The van der Waals surface area contributed by atoms with Gasteiger partial charge in [0.2, 0.25) is 0 Å². The minimum Gasteiger partial charge on any atom is -0.405 e. The lowest BCUT2D eigenvalue weighted by Crippen LogP contribution is -2.21. The predicted octanol–water partition coefficient (Wildman–Crippen LogP) is 0.434. The van der Waals surface area contributed by atoms with Crippen LogP contribution in [0.15, 0.2) is 21.7 Å². The van der Waals surface area contributed by atoms with Crippen molar-refractivity contribution in [3.63, 3.8) is 0 Å². The standard InChI is InChI=1S/C9H10N4O2/c1-3-13(2)8-7-6(4-10-5-11-7)15-9(14)12-8/h4-5H,3H2,1-2H3. The summed E-state index contributed by atoms with van der Waals surface area (Å²) in [5, 5.41) is 0. The van der Waals surface area contributed by atoms with Crippen molar-refractivity contribution in [3.05, 3.63) is 23.1 Å². The molecule has 2 aromatic rings. The van der Waals surface area contributed by atoms with E-state index in [2.05, 4.69) is 15.0 Å². The minimum absolute atomic E-state index is 0.354. The molecule has 0 fully saturated rings. The zero-order valence-electron chi connectivity index (χ0n) is 8.47. The minimum atomic E-state index is -0.632. The van der Waals surface area contributed by atoms with Gasteiger partial charge in [-0.3, -0.25) is 0 Å². The highest BCUT2D eigenvalue weighted by Crippen LogP contribution is 2.17. The first-order valence-electron chi connectivity index (χ1n) is 4.54. The topological polar surface area (TPSA) is 72.1 Å². The third-order valence-electron chi connectivity index (χ3n) is 2.12. The molecule has 0 amide bonds. The summed E-state index contributed by atoms with van der Waals surface area (Å²) in [6.45, 7) is 2.69. The van der Waals surface area contributed by atoms with E-state index in [0.29, 0.717) is 16.9 Å². The highest BCUT2D eigenvalue weighted by Gasteiger charge is 2.10. The average molecular weight is 206 g/mol. The van der Waals surface area contributed by atoms with Crippen molar-refractivity contribution in [1.29, 1.82) is 0 Å². The van der Waals surface area contributed by atoms with Crippen molar-refractivity contribution in [2.45, 2.75) is 6.92 Å². The van der Waals surface area contributed by atoms with Crippen LogP contribution in [0.4, 0.5) is 5.82 Å². The number of rotatable bonds is 2. The molecule has 2 heterocycles. The van der Waals surface area contributed by atoms with Gasteiger partial charge in [-0.2, -0.15) is 4.98 Å². The van der Waals surface area contributed by atoms with E-state index >= 15 is 0 Å². The molecule has 0 unspecified atom stereocenters. The van der Waals surface area contributed by atoms with E-state index in [4.69, 9.17) is 4.42 Å². The number of anilines is 1. The van der Waals surface area contributed by atoms with Crippen molar-refractivity contribution in [3.8, 4) is 0 Å². The van der Waals surface area contributed by atoms with Gasteiger partial charge in [0.05, 0.1) is 6.20 Å². The van der Waals surface area contributed by atoms with Crippen molar-refractivity contribution >= 4 is 16.9 Å². The van der Waals surface area contributed by atoms with E-state index in [1.807, 2.05) is 18.9 Å². The molecular formula is C9H10N4O2. The summed E-state index contributed by atoms with van der Waals surface area (Å²) in [7, 11) is 1.84. The molecule has 0 spiro atoms. The molecule has 0 aliphatic carbocycles. The Bertz CT molecular complexity index is 537. The summed E-state index contributed by atoms with van der Waals surface area (Å²) in [5.41, 5.74) is 0.904. The van der Waals surface area contributed by atoms with E-state index in [9.17, 15) is 4.79 Å². The highest BCUT2D eigenvalue weighted by atomic mass is 16.4. The molecule has 6 nitrogen and oxygen atoms in total. The van der Waals surface area contributed by atoms with Gasteiger partial charge in [-0.25, -0.2) is 14.8 Å². The first-order chi connectivity index (χ1) is 7.22. The Hall–Kier alpha value is -1.98. The molecule has 0 aliphatic heterocycles. The van der Waals surface area contributed by atoms with Crippen LogP contribution in [0.5, 0.6) is 0 Å². The van der Waals surface area contributed by atoms with E-state index in [1.54, 1.807) is 0 Å². The van der Waals surface area contributed by atoms with Crippen molar-refractivity contribution in [2.24, 2.45) is 0 Å². The number of hydrogen-bond donors (Lipinski definition) is 0. The lowest BCUT2D eigenvalue weighted by Gasteiger charge is -2.15. The molecule has 0 saturated heterocycles. The fourth-order valence-electron chi connectivity index (χ4n) is 1.23. The second kappa shape index (κ2) is 3.64. The zero-order chi connectivity index (χ0) is 10.8. The Morgan fingerprint density at radius 1 is 1.53 bits per heavy atom. The largest absolute Gasteiger partial charge is 0.441 e. The molecule has 15 heavy (non-hydrogen) atoms. The van der Waals surface area contributed by atoms with Gasteiger partial charge in [-0.1, -0.05) is 0 Å². The smallest absolute Gasteiger partial charge is 0.405 e. The van der Waals surface area contributed by atoms with E-state index in [-0.39, 0.29) is 0 Å². The monoisotopic (exact) mass is 206 g/mol. The van der Waals surface area contributed by atoms with Gasteiger partial charge >= 0.3 is 5.76 Å². The van der Waals surface area contributed by atoms with Crippen LogP contribution in [0.3, 0.4) is 0 Å². The van der Waals surface area contributed by atoms with Gasteiger partial charge in [-0.05, 0) is 6.92 Å². The Morgan fingerprint density at radius 3 is 3.07 bits per heavy atom. The normalized spacial score (nSPS) is 10.5. The highest BCUT2D eigenvalue weighted by molar-refractivity contribution is 5.82. The maximum absolute atomic E-state index is 11.2. The number of nitrogens with zero attached hydrogens (tertiary/aromatic N) is 4. The number of fused-ring (bicyclic) bond motifs is 1. The number of hydrogen-bond acceptors (Lipinski definition) is 6. The molecule has 0 atom stereocenters. The van der Waals surface area contributed by atoms with Crippen LogP contribution >= 0.6 is 0 Å². The van der Waals surface area contributed by atoms with Crippen LogP contribution < -0.4 is 10.7 Å². The van der Waals surface area contributed by atoms with Crippen LogP contribution in [0, 0.1) is 0 Å². The van der Waals surface area contributed by atoms with Gasteiger partial charge < -0.3 is 9.32 Å². The summed E-state index contributed by atoms with van der Waals surface area (Å²) in [5.74, 6) is -0.112. The molecule has 78 valence electrons. The van der Waals surface area contributed by atoms with Gasteiger partial charge in [0.15, 0.2) is 16.9 Å². The summed E-state index contributed by atoms with van der Waals surface area (Å²) in [4.78, 5) is 24.6. The third-order valence-corrected chi connectivity index (χ3v) is 2.12. The first kappa shape index (κ1) is 9.57. The lowest BCUT2D eigenvalue weighted by molar-refractivity contribution is 0.528. The fourth-order valence-corrected chi connectivity index (χ4v) is 1.23. The Morgan fingerprint density at radius 2 is 2.33 bits per heavy atom. The Labute approximate surface area is 85.6 Å². The van der Waals surface area contributed by atoms with Crippen molar-refractivity contribution < 1.29 is 4.42 Å². The summed E-state index contributed by atoms with van der Waals surface area (Å²) >= 11 is 0. The molecule has 6 heteroatoms. The van der Waals surface area contributed by atoms with Crippen molar-refractivity contribution in [1.82, 2.24) is 15.0 Å². The van der Waals surface area contributed by atoms with E-state index in [1.165, 1.54) is 12.5 Å². The lowest BCUT2D eigenvalue weighted by atomic mass is 10.4. The van der Waals surface area contributed by atoms with Crippen LogP contribution in [0.2, 0.25) is 0 Å². The van der Waals surface area contributed by atoms with Crippen molar-refractivity contribution in [2.75, 3.05) is 18.5 Å². The summed E-state index contributed by atoms with van der Waals surface area (Å²) in [6.07, 6.45) is 2.86. The van der Waals surface area contributed by atoms with Crippen LogP contribution in [-0.2, 0) is 0 Å². The maximum atomic E-state index is 11.2. The molecular weight excluding hydrogens is 196 g/mol. The maximum Gasteiger partial charge on any atom is 0.441 e. The summed E-state index contributed by atoms with van der Waals surface area (Å²) in [6, 6.07) is 0. The zero-order valence-corrected chi connectivity index (χ0v) is 8.47. The molecule has 0 saturated carbocycles.